The molecule has 1 saturated carbocycles. The van der Waals surface area contributed by atoms with Crippen LogP contribution < -0.4 is 5.73 Å². The molecule has 1 aliphatic rings. The maximum Gasteiger partial charge on any atom is 0.269 e. The van der Waals surface area contributed by atoms with Gasteiger partial charge < -0.3 is 5.73 Å². The van der Waals surface area contributed by atoms with Crippen LogP contribution in [0.15, 0.2) is 24.3 Å². The Balaban J connectivity index is 2.31. The Bertz CT molecular complexity index is 398. The number of hydrogen-bond acceptors (Lipinski definition) is 3. The van der Waals surface area contributed by atoms with Crippen molar-refractivity contribution in [2.45, 2.75) is 37.6 Å². The predicted octanol–water partition coefficient (Wildman–Crippen LogP) is 2.71. The van der Waals surface area contributed by atoms with Crippen molar-refractivity contribution in [3.05, 3.63) is 39.9 Å². The van der Waals surface area contributed by atoms with E-state index in [0.29, 0.717) is 0 Å². The molecule has 2 N–H and O–H groups in total. The summed E-state index contributed by atoms with van der Waals surface area (Å²) in [7, 11) is 0. The van der Waals surface area contributed by atoms with E-state index in [4.69, 9.17) is 5.73 Å². The van der Waals surface area contributed by atoms with E-state index in [1.54, 1.807) is 12.1 Å². The smallest absolute Gasteiger partial charge is 0.269 e. The van der Waals surface area contributed by atoms with E-state index in [9.17, 15) is 10.1 Å². The van der Waals surface area contributed by atoms with Crippen LogP contribution in [0, 0.1) is 10.1 Å². The Morgan fingerprint density at radius 2 is 1.94 bits per heavy atom. The highest BCUT2D eigenvalue weighted by Crippen LogP contribution is 2.35. The quantitative estimate of drug-likeness (QED) is 0.615. The summed E-state index contributed by atoms with van der Waals surface area (Å²) in [5, 5.41) is 10.7. The number of nitro benzene ring substituents is 1. The van der Waals surface area contributed by atoms with Gasteiger partial charge in [0.1, 0.15) is 0 Å². The highest BCUT2D eigenvalue weighted by Gasteiger charge is 2.30. The molecule has 2 rings (SSSR count). The van der Waals surface area contributed by atoms with Crippen molar-refractivity contribution in [2.24, 2.45) is 5.73 Å². The minimum atomic E-state index is -0.365. The highest BCUT2D eigenvalue weighted by atomic mass is 16.6. The van der Waals surface area contributed by atoms with Gasteiger partial charge in [-0.1, -0.05) is 31.4 Å². The number of nitro groups is 1. The Morgan fingerprint density at radius 3 is 2.56 bits per heavy atom. The van der Waals surface area contributed by atoms with Crippen LogP contribution in [-0.2, 0) is 5.54 Å². The predicted molar refractivity (Wildman–Crippen MR) is 62.0 cm³/mol. The number of nitrogens with zero attached hydrogens (tertiary/aromatic N) is 1. The Hall–Kier alpha value is -1.42. The van der Waals surface area contributed by atoms with E-state index >= 15 is 0 Å². The largest absolute Gasteiger partial charge is 0.321 e. The van der Waals surface area contributed by atoms with Crippen LogP contribution >= 0.6 is 0 Å². The SMILES string of the molecule is NC1(c2cccc([N+](=O)[O-])c2)CCCCC1. The van der Waals surface area contributed by atoms with Crippen molar-refractivity contribution >= 4 is 5.69 Å². The molecule has 0 aliphatic heterocycles. The molecule has 4 nitrogen and oxygen atoms in total. The van der Waals surface area contributed by atoms with Crippen molar-refractivity contribution in [2.75, 3.05) is 0 Å². The average molecular weight is 220 g/mol. The van der Waals surface area contributed by atoms with Gasteiger partial charge in [0.15, 0.2) is 0 Å². The van der Waals surface area contributed by atoms with Crippen LogP contribution in [0.3, 0.4) is 0 Å². The average Bonchev–Trinajstić information content (AvgIpc) is 2.30. The van der Waals surface area contributed by atoms with Gasteiger partial charge in [0, 0.05) is 17.7 Å². The number of nitrogens with two attached hydrogens (primary N) is 1. The van der Waals surface area contributed by atoms with Crippen molar-refractivity contribution < 1.29 is 4.92 Å². The second-order valence-corrected chi connectivity index (χ2v) is 4.52. The lowest BCUT2D eigenvalue weighted by Crippen LogP contribution is -2.38. The molecule has 0 spiro atoms. The summed E-state index contributed by atoms with van der Waals surface area (Å²) in [6, 6.07) is 6.75. The molecule has 0 atom stereocenters. The summed E-state index contributed by atoms with van der Waals surface area (Å²) in [5.41, 5.74) is 7.01. The number of rotatable bonds is 2. The fourth-order valence-electron chi connectivity index (χ4n) is 2.40. The molecule has 0 heterocycles. The topological polar surface area (TPSA) is 69.2 Å². The molecule has 0 radical (unpaired) electrons. The number of hydrogen-bond donors (Lipinski definition) is 1. The second-order valence-electron chi connectivity index (χ2n) is 4.52. The summed E-state index contributed by atoms with van der Waals surface area (Å²) in [6.45, 7) is 0. The van der Waals surface area contributed by atoms with Crippen LogP contribution in [0.1, 0.15) is 37.7 Å². The Morgan fingerprint density at radius 1 is 1.25 bits per heavy atom. The summed E-state index contributed by atoms with van der Waals surface area (Å²) in [4.78, 5) is 10.3. The highest BCUT2D eigenvalue weighted by molar-refractivity contribution is 5.38. The van der Waals surface area contributed by atoms with Crippen LogP contribution in [0.4, 0.5) is 5.69 Å². The van der Waals surface area contributed by atoms with E-state index < -0.39 is 0 Å². The molecule has 4 heteroatoms. The lowest BCUT2D eigenvalue weighted by molar-refractivity contribution is -0.385. The van der Waals surface area contributed by atoms with Gasteiger partial charge in [0.25, 0.3) is 5.69 Å². The van der Waals surface area contributed by atoms with Gasteiger partial charge in [-0.25, -0.2) is 0 Å². The molecule has 0 bridgehead atoms. The van der Waals surface area contributed by atoms with Gasteiger partial charge in [-0.05, 0) is 18.4 Å². The molecular weight excluding hydrogens is 204 g/mol. The Labute approximate surface area is 94.6 Å². The third kappa shape index (κ3) is 2.07. The van der Waals surface area contributed by atoms with Gasteiger partial charge in [-0.2, -0.15) is 0 Å². The van der Waals surface area contributed by atoms with Crippen molar-refractivity contribution in [3.8, 4) is 0 Å². The van der Waals surface area contributed by atoms with E-state index in [2.05, 4.69) is 0 Å². The van der Waals surface area contributed by atoms with Gasteiger partial charge in [-0.15, -0.1) is 0 Å². The third-order valence-corrected chi connectivity index (χ3v) is 3.38. The first kappa shape index (κ1) is 11.1. The van der Waals surface area contributed by atoms with E-state index in [1.807, 2.05) is 6.07 Å². The molecule has 16 heavy (non-hydrogen) atoms. The molecule has 1 aromatic carbocycles. The second kappa shape index (κ2) is 4.22. The molecular formula is C12H16N2O2. The summed E-state index contributed by atoms with van der Waals surface area (Å²) in [6.07, 6.45) is 5.29. The van der Waals surface area contributed by atoms with Crippen LogP contribution in [0.25, 0.3) is 0 Å². The zero-order valence-corrected chi connectivity index (χ0v) is 9.19. The standard InChI is InChI=1S/C12H16N2O2/c13-12(7-2-1-3-8-12)10-5-4-6-11(9-10)14(15)16/h4-6,9H,1-3,7-8,13H2. The zero-order chi connectivity index (χ0) is 11.6. The number of non-ortho nitro benzene ring substituents is 1. The first-order valence-corrected chi connectivity index (χ1v) is 5.66. The molecule has 1 fully saturated rings. The van der Waals surface area contributed by atoms with Crippen LogP contribution in [-0.4, -0.2) is 4.92 Å². The van der Waals surface area contributed by atoms with Crippen molar-refractivity contribution in [3.63, 3.8) is 0 Å². The molecule has 1 aromatic rings. The maximum atomic E-state index is 10.7. The lowest BCUT2D eigenvalue weighted by Gasteiger charge is -2.33. The van der Waals surface area contributed by atoms with Gasteiger partial charge in [0.2, 0.25) is 0 Å². The van der Waals surface area contributed by atoms with Crippen molar-refractivity contribution in [1.82, 2.24) is 0 Å². The normalized spacial score (nSPS) is 19.3. The Kier molecular flexibility index (Phi) is 2.92. The summed E-state index contributed by atoms with van der Waals surface area (Å²) < 4.78 is 0. The molecule has 0 aromatic heterocycles. The fourth-order valence-corrected chi connectivity index (χ4v) is 2.40. The molecule has 0 amide bonds. The lowest BCUT2D eigenvalue weighted by atomic mass is 9.77. The first-order valence-electron chi connectivity index (χ1n) is 5.66. The summed E-state index contributed by atoms with van der Waals surface area (Å²) in [5.74, 6) is 0. The van der Waals surface area contributed by atoms with Gasteiger partial charge in [-0.3, -0.25) is 10.1 Å². The third-order valence-electron chi connectivity index (χ3n) is 3.38. The minimum Gasteiger partial charge on any atom is -0.321 e. The van der Waals surface area contributed by atoms with Gasteiger partial charge >= 0.3 is 0 Å². The zero-order valence-electron chi connectivity index (χ0n) is 9.19. The van der Waals surface area contributed by atoms with E-state index in [1.165, 1.54) is 12.5 Å². The monoisotopic (exact) mass is 220 g/mol. The van der Waals surface area contributed by atoms with Gasteiger partial charge in [0.05, 0.1) is 4.92 Å². The van der Waals surface area contributed by atoms with Crippen LogP contribution in [0.2, 0.25) is 0 Å². The van der Waals surface area contributed by atoms with E-state index in [-0.39, 0.29) is 16.1 Å². The van der Waals surface area contributed by atoms with E-state index in [0.717, 1.165) is 31.2 Å². The minimum absolute atomic E-state index is 0.132. The maximum absolute atomic E-state index is 10.7. The fraction of sp³-hybridized carbons (Fsp3) is 0.500. The molecule has 86 valence electrons. The summed E-state index contributed by atoms with van der Waals surface area (Å²) >= 11 is 0. The number of benzene rings is 1. The van der Waals surface area contributed by atoms with Crippen LogP contribution in [0.5, 0.6) is 0 Å². The molecule has 0 unspecified atom stereocenters. The molecule has 1 aliphatic carbocycles. The molecule has 0 saturated heterocycles. The van der Waals surface area contributed by atoms with Crippen molar-refractivity contribution in [1.29, 1.82) is 0 Å². The first-order chi connectivity index (χ1) is 7.62.